The number of phenolic OH excluding ortho intramolecular Hbond substituents is 2. The average Bonchev–Trinajstić information content (AvgIpc) is 3.18. The molecule has 56 heavy (non-hydrogen) atoms. The maximum absolute atomic E-state index is 13.2. The van der Waals surface area contributed by atoms with Crippen LogP contribution < -0.4 is 18.9 Å². The summed E-state index contributed by atoms with van der Waals surface area (Å²) >= 11 is 0. The van der Waals surface area contributed by atoms with E-state index in [9.17, 15) is 19.8 Å². The second kappa shape index (κ2) is 18.1. The molecule has 2 N–H and O–H groups in total. The maximum atomic E-state index is 13.2. The van der Waals surface area contributed by atoms with Gasteiger partial charge < -0.3 is 38.6 Å². The van der Waals surface area contributed by atoms with Crippen molar-refractivity contribution in [1.82, 2.24) is 0 Å². The number of carbonyl (C=O) groups is 2. The van der Waals surface area contributed by atoms with Crippen LogP contribution in [0, 0.1) is 11.8 Å². The molecule has 0 unspecified atom stereocenters. The Morgan fingerprint density at radius 1 is 0.500 bits per heavy atom. The molecule has 10 nitrogen and oxygen atoms in total. The fourth-order valence-corrected chi connectivity index (χ4v) is 6.73. The van der Waals surface area contributed by atoms with E-state index in [1.54, 1.807) is 52.0 Å². The topological polar surface area (TPSA) is 130 Å². The second-order valence-electron chi connectivity index (χ2n) is 14.6. The van der Waals surface area contributed by atoms with Crippen molar-refractivity contribution in [2.24, 2.45) is 11.8 Å². The lowest BCUT2D eigenvalue weighted by molar-refractivity contribution is -0.138. The van der Waals surface area contributed by atoms with Crippen LogP contribution in [0.25, 0.3) is 53.9 Å². The standard InChI is InChI=1S/C46H52O10/c1-7-9-19-51-21-23-53-38-25-32-34(47)15-17-36(55-45(49)27(3)4)41(32)43-30(38)13-11-29-12-14-31-39(54-24-22-52-20-10-8-2)26-33-35(48)16-18-37(56-46(50)28(5)6)42(33)44(31)40(29)43/h11-18,25-28,47-48H,7-10,19-24H2,1-6H3. The van der Waals surface area contributed by atoms with Crippen LogP contribution in [-0.4, -0.2) is 61.8 Å². The van der Waals surface area contributed by atoms with Gasteiger partial charge in [0.2, 0.25) is 0 Å². The lowest BCUT2D eigenvalue weighted by Crippen LogP contribution is -2.15. The Hall–Kier alpha value is -5.32. The summed E-state index contributed by atoms with van der Waals surface area (Å²) in [5, 5.41) is 28.8. The number of carbonyl (C=O) groups excluding carboxylic acids is 2. The molecule has 0 saturated carbocycles. The van der Waals surface area contributed by atoms with Gasteiger partial charge in [0, 0.05) is 56.3 Å². The first-order valence-corrected chi connectivity index (χ1v) is 19.7. The zero-order valence-corrected chi connectivity index (χ0v) is 33.2. The van der Waals surface area contributed by atoms with Gasteiger partial charge in [-0.25, -0.2) is 0 Å². The third kappa shape index (κ3) is 8.41. The van der Waals surface area contributed by atoms with Gasteiger partial charge in [0.1, 0.15) is 47.7 Å². The van der Waals surface area contributed by atoms with Crippen LogP contribution in [0.5, 0.6) is 34.5 Å². The van der Waals surface area contributed by atoms with Crippen molar-refractivity contribution in [3.8, 4) is 34.5 Å². The van der Waals surface area contributed by atoms with Crippen LogP contribution in [0.3, 0.4) is 0 Å². The van der Waals surface area contributed by atoms with Gasteiger partial charge in [-0.2, -0.15) is 0 Å². The molecule has 0 heterocycles. The summed E-state index contributed by atoms with van der Waals surface area (Å²) in [5.41, 5.74) is 0. The summed E-state index contributed by atoms with van der Waals surface area (Å²) in [6.07, 6.45) is 3.92. The van der Waals surface area contributed by atoms with Gasteiger partial charge in [0.15, 0.2) is 0 Å². The third-order valence-electron chi connectivity index (χ3n) is 9.76. The SMILES string of the molecule is CCCCOCCOc1cc2c(O)ccc(OC(=O)C(C)C)c2c2c1ccc1ccc3c(OCCOCCCC)cc4c(O)ccc(OC(=O)C(C)C)c4c3c12. The fraction of sp³-hybridized carbons (Fsp3) is 0.391. The largest absolute Gasteiger partial charge is 0.507 e. The first kappa shape index (κ1) is 40.3. The van der Waals surface area contributed by atoms with E-state index >= 15 is 0 Å². The lowest BCUT2D eigenvalue weighted by atomic mass is 9.89. The van der Waals surface area contributed by atoms with Crippen LogP contribution in [-0.2, 0) is 19.1 Å². The van der Waals surface area contributed by atoms with E-state index in [2.05, 4.69) is 13.8 Å². The Labute approximate surface area is 327 Å². The van der Waals surface area contributed by atoms with Crippen molar-refractivity contribution in [3.05, 3.63) is 60.7 Å². The van der Waals surface area contributed by atoms with E-state index in [-0.39, 0.29) is 36.2 Å². The molecular formula is C46H52O10. The Kier molecular flexibility index (Phi) is 13.0. The highest BCUT2D eigenvalue weighted by Crippen LogP contribution is 2.50. The van der Waals surface area contributed by atoms with Crippen molar-refractivity contribution in [2.45, 2.75) is 67.2 Å². The van der Waals surface area contributed by atoms with E-state index in [1.807, 2.05) is 24.3 Å². The molecule has 0 fully saturated rings. The molecule has 0 radical (unpaired) electrons. The smallest absolute Gasteiger partial charge is 0.313 e. The predicted molar refractivity (Wildman–Crippen MR) is 221 cm³/mol. The monoisotopic (exact) mass is 764 g/mol. The van der Waals surface area contributed by atoms with E-state index < -0.39 is 23.8 Å². The van der Waals surface area contributed by atoms with Crippen molar-refractivity contribution in [2.75, 3.05) is 39.6 Å². The molecule has 6 aromatic rings. The van der Waals surface area contributed by atoms with Crippen LogP contribution in [0.2, 0.25) is 0 Å². The van der Waals surface area contributed by atoms with Gasteiger partial charge >= 0.3 is 11.9 Å². The molecule has 0 spiro atoms. The quantitative estimate of drug-likeness (QED) is 0.0377. The highest BCUT2D eigenvalue weighted by Gasteiger charge is 2.25. The average molecular weight is 765 g/mol. The lowest BCUT2D eigenvalue weighted by Gasteiger charge is -2.21. The summed E-state index contributed by atoms with van der Waals surface area (Å²) in [6.45, 7) is 13.7. The molecule has 0 saturated heterocycles. The number of hydrogen-bond acceptors (Lipinski definition) is 10. The Balaban J connectivity index is 1.74. The van der Waals surface area contributed by atoms with Gasteiger partial charge in [0.05, 0.1) is 25.0 Å². The number of fused-ring (bicyclic) bond motifs is 9. The van der Waals surface area contributed by atoms with Gasteiger partial charge in [0.25, 0.3) is 0 Å². The van der Waals surface area contributed by atoms with Crippen LogP contribution in [0.4, 0.5) is 0 Å². The molecule has 10 heteroatoms. The predicted octanol–water partition coefficient (Wildman–Crippen LogP) is 10.4. The van der Waals surface area contributed by atoms with E-state index in [4.69, 9.17) is 28.4 Å². The fourth-order valence-electron chi connectivity index (χ4n) is 6.73. The summed E-state index contributed by atoms with van der Waals surface area (Å²) < 4.78 is 36.6. The van der Waals surface area contributed by atoms with Gasteiger partial charge in [-0.1, -0.05) is 66.5 Å². The first-order chi connectivity index (χ1) is 27.0. The molecule has 6 rings (SSSR count). The van der Waals surface area contributed by atoms with Crippen LogP contribution >= 0.6 is 0 Å². The molecule has 0 atom stereocenters. The number of aromatic hydroxyl groups is 2. The van der Waals surface area contributed by atoms with Crippen molar-refractivity contribution in [3.63, 3.8) is 0 Å². The number of rotatable bonds is 18. The highest BCUT2D eigenvalue weighted by molar-refractivity contribution is 6.35. The molecule has 0 amide bonds. The Bertz CT molecular complexity index is 2220. The molecule has 0 aliphatic carbocycles. The minimum absolute atomic E-state index is 0.0336. The number of benzene rings is 6. The molecule has 0 aliphatic rings. The third-order valence-corrected chi connectivity index (χ3v) is 9.76. The maximum Gasteiger partial charge on any atom is 0.313 e. The highest BCUT2D eigenvalue weighted by atomic mass is 16.5. The number of phenols is 2. The number of hydrogen-bond donors (Lipinski definition) is 2. The number of esters is 2. The molecule has 0 bridgehead atoms. The molecule has 6 aromatic carbocycles. The van der Waals surface area contributed by atoms with E-state index in [0.29, 0.717) is 86.4 Å². The summed E-state index contributed by atoms with van der Waals surface area (Å²) in [5.74, 6) is -0.284. The minimum Gasteiger partial charge on any atom is -0.507 e. The first-order valence-electron chi connectivity index (χ1n) is 19.7. The van der Waals surface area contributed by atoms with Crippen LogP contribution in [0.1, 0.15) is 67.2 Å². The Morgan fingerprint density at radius 2 is 0.929 bits per heavy atom. The zero-order valence-electron chi connectivity index (χ0n) is 33.2. The van der Waals surface area contributed by atoms with E-state index in [1.165, 1.54) is 12.1 Å². The molecule has 296 valence electrons. The summed E-state index contributed by atoms with van der Waals surface area (Å²) in [7, 11) is 0. The minimum atomic E-state index is -0.435. The number of unbranched alkanes of at least 4 members (excludes halogenated alkanes) is 2. The summed E-state index contributed by atoms with van der Waals surface area (Å²) in [4.78, 5) is 26.4. The summed E-state index contributed by atoms with van der Waals surface area (Å²) in [6, 6.07) is 17.5. The van der Waals surface area contributed by atoms with Crippen LogP contribution in [0.15, 0.2) is 60.7 Å². The second-order valence-corrected chi connectivity index (χ2v) is 14.6. The zero-order chi connectivity index (χ0) is 39.9. The number of ether oxygens (including phenoxy) is 6. The molecular weight excluding hydrogens is 712 g/mol. The van der Waals surface area contributed by atoms with Crippen molar-refractivity contribution >= 4 is 65.8 Å². The molecule has 0 aromatic heterocycles. The normalized spacial score (nSPS) is 11.8. The van der Waals surface area contributed by atoms with Gasteiger partial charge in [-0.05, 0) is 72.1 Å². The van der Waals surface area contributed by atoms with Gasteiger partial charge in [-0.15, -0.1) is 0 Å². The Morgan fingerprint density at radius 3 is 1.32 bits per heavy atom. The van der Waals surface area contributed by atoms with Gasteiger partial charge in [-0.3, -0.25) is 9.59 Å². The van der Waals surface area contributed by atoms with E-state index in [0.717, 1.165) is 31.1 Å². The molecule has 0 aliphatic heterocycles. The van der Waals surface area contributed by atoms with Crippen molar-refractivity contribution in [1.29, 1.82) is 0 Å². The van der Waals surface area contributed by atoms with Crippen molar-refractivity contribution < 1.29 is 48.2 Å².